The van der Waals surface area contributed by atoms with Crippen LogP contribution in [0.4, 0.5) is 17.1 Å². The molecule has 0 saturated carbocycles. The molecule has 3 aromatic carbocycles. The predicted molar refractivity (Wildman–Crippen MR) is 132 cm³/mol. The molecule has 0 aliphatic carbocycles. The van der Waals surface area contributed by atoms with Gasteiger partial charge in [0.25, 0.3) is 17.3 Å². The molecule has 0 fully saturated rings. The zero-order valence-corrected chi connectivity index (χ0v) is 20.3. The number of nitro groups is 2. The summed E-state index contributed by atoms with van der Waals surface area (Å²) in [6.07, 6.45) is -1.49. The number of nitrogens with one attached hydrogen (secondary N) is 1. The molecule has 0 bridgehead atoms. The van der Waals surface area contributed by atoms with Gasteiger partial charge in [0.1, 0.15) is 17.7 Å². The first-order valence-electron chi connectivity index (χ1n) is 10.6. The average Bonchev–Trinajstić information content (AvgIpc) is 3.21. The third-order valence-corrected chi connectivity index (χ3v) is 6.39. The summed E-state index contributed by atoms with van der Waals surface area (Å²) >= 11 is 11.9. The van der Waals surface area contributed by atoms with Gasteiger partial charge in [0.2, 0.25) is 5.78 Å². The second kappa shape index (κ2) is 10.4. The lowest BCUT2D eigenvalue weighted by Crippen LogP contribution is -2.38. The number of ether oxygens (including phenoxy) is 1. The maximum atomic E-state index is 13.5. The molecule has 0 spiro atoms. The lowest BCUT2D eigenvalue weighted by Gasteiger charge is -2.21. The number of esters is 1. The lowest BCUT2D eigenvalue weighted by atomic mass is 9.84. The molecule has 1 aliphatic rings. The van der Waals surface area contributed by atoms with E-state index in [4.69, 9.17) is 27.9 Å². The van der Waals surface area contributed by atoms with Crippen molar-refractivity contribution in [1.82, 2.24) is 0 Å². The fourth-order valence-electron chi connectivity index (χ4n) is 3.86. The molecule has 1 amide bonds. The number of carbonyl (C=O) groups is 4. The fourth-order valence-corrected chi connectivity index (χ4v) is 4.16. The third-order valence-electron chi connectivity index (χ3n) is 5.65. The smallest absolute Gasteiger partial charge is 0.339 e. The highest BCUT2D eigenvalue weighted by Gasteiger charge is 2.46. The van der Waals surface area contributed by atoms with Crippen molar-refractivity contribution in [3.8, 4) is 0 Å². The number of non-ortho nitro benzene ring substituents is 1. The molecular weight excluding hydrogens is 545 g/mol. The Morgan fingerprint density at radius 1 is 0.921 bits per heavy atom. The Hall–Kier alpha value is -4.68. The third kappa shape index (κ3) is 4.94. The van der Waals surface area contributed by atoms with Crippen molar-refractivity contribution in [2.45, 2.75) is 6.10 Å². The van der Waals surface area contributed by atoms with Crippen molar-refractivity contribution in [2.75, 3.05) is 5.32 Å². The summed E-state index contributed by atoms with van der Waals surface area (Å²) in [5, 5.41) is 24.5. The molecule has 192 valence electrons. The van der Waals surface area contributed by atoms with Crippen LogP contribution in [0, 0.1) is 26.1 Å². The van der Waals surface area contributed by atoms with Crippen LogP contribution in [0.15, 0.2) is 60.7 Å². The number of hydrogen-bond acceptors (Lipinski definition) is 9. The minimum Gasteiger partial charge on any atom is -0.453 e. The summed E-state index contributed by atoms with van der Waals surface area (Å²) in [5.41, 5.74) is -1.86. The number of fused-ring (bicyclic) bond motifs is 1. The summed E-state index contributed by atoms with van der Waals surface area (Å²) < 4.78 is 5.31. The van der Waals surface area contributed by atoms with Crippen molar-refractivity contribution in [3.63, 3.8) is 0 Å². The van der Waals surface area contributed by atoms with E-state index in [0.29, 0.717) is 6.07 Å². The first kappa shape index (κ1) is 26.4. The van der Waals surface area contributed by atoms with Crippen LogP contribution in [0.5, 0.6) is 0 Å². The highest BCUT2D eigenvalue weighted by Crippen LogP contribution is 2.39. The first-order chi connectivity index (χ1) is 18.0. The van der Waals surface area contributed by atoms with Crippen LogP contribution >= 0.6 is 23.2 Å². The molecule has 1 N–H and O–H groups in total. The van der Waals surface area contributed by atoms with E-state index in [-0.39, 0.29) is 26.7 Å². The van der Waals surface area contributed by atoms with Gasteiger partial charge in [-0.05, 0) is 30.3 Å². The van der Waals surface area contributed by atoms with Crippen molar-refractivity contribution in [2.24, 2.45) is 5.92 Å². The molecule has 4 rings (SSSR count). The maximum Gasteiger partial charge on any atom is 0.339 e. The zero-order chi connectivity index (χ0) is 27.7. The number of Topliss-reactive ketones (excluding diaryl/α,β-unsaturated/α-hetero) is 2. The van der Waals surface area contributed by atoms with E-state index in [1.165, 1.54) is 30.3 Å². The number of nitro benzene ring substituents is 2. The van der Waals surface area contributed by atoms with Gasteiger partial charge in [-0.15, -0.1) is 0 Å². The van der Waals surface area contributed by atoms with Gasteiger partial charge in [0.05, 0.1) is 31.5 Å². The number of rotatable bonds is 8. The van der Waals surface area contributed by atoms with Gasteiger partial charge >= 0.3 is 5.97 Å². The fraction of sp³-hybridized carbons (Fsp3) is 0.0833. The number of nitrogens with zero attached hydrogens (tertiary/aromatic N) is 2. The Labute approximate surface area is 222 Å². The molecule has 14 heteroatoms. The van der Waals surface area contributed by atoms with E-state index >= 15 is 0 Å². The summed E-state index contributed by atoms with van der Waals surface area (Å²) in [6, 6.07) is 12.1. The topological polar surface area (TPSA) is 176 Å². The molecule has 0 saturated heterocycles. The molecule has 12 nitrogen and oxygen atoms in total. The normalized spacial score (nSPS) is 14.7. The average molecular weight is 558 g/mol. The molecule has 0 unspecified atom stereocenters. The van der Waals surface area contributed by atoms with Gasteiger partial charge in [-0.2, -0.15) is 0 Å². The molecule has 3 aromatic rings. The van der Waals surface area contributed by atoms with Crippen molar-refractivity contribution in [3.05, 3.63) is 108 Å². The van der Waals surface area contributed by atoms with Gasteiger partial charge in [0.15, 0.2) is 5.78 Å². The van der Waals surface area contributed by atoms with Crippen LogP contribution < -0.4 is 5.32 Å². The number of anilines is 1. The van der Waals surface area contributed by atoms with Gasteiger partial charge in [-0.3, -0.25) is 34.6 Å². The Balaban J connectivity index is 1.74. The highest BCUT2D eigenvalue weighted by molar-refractivity contribution is 6.46. The van der Waals surface area contributed by atoms with Crippen LogP contribution in [0.2, 0.25) is 10.0 Å². The van der Waals surface area contributed by atoms with Crippen molar-refractivity contribution < 1.29 is 33.8 Å². The largest absolute Gasteiger partial charge is 0.453 e. The number of cyclic esters (lactones) is 1. The summed E-state index contributed by atoms with van der Waals surface area (Å²) in [7, 11) is 0. The van der Waals surface area contributed by atoms with Crippen molar-refractivity contribution in [1.29, 1.82) is 0 Å². The van der Waals surface area contributed by atoms with Gasteiger partial charge in [-0.25, -0.2) is 4.79 Å². The number of ketones is 2. The zero-order valence-electron chi connectivity index (χ0n) is 18.8. The Morgan fingerprint density at radius 2 is 1.63 bits per heavy atom. The van der Waals surface area contributed by atoms with E-state index < -0.39 is 62.4 Å². The predicted octanol–water partition coefficient (Wildman–Crippen LogP) is 4.73. The second-order valence-corrected chi connectivity index (χ2v) is 8.73. The van der Waals surface area contributed by atoms with Crippen LogP contribution in [0.25, 0.3) is 0 Å². The standard InChI is InChI=1S/C24H13Cl2N3O9/c25-15-7-5-11(9-16(15)26)20(30)19(22-13-3-1-2-4-14(13)24(33)38-22)21(31)23(32)27-17-8-6-12(28(34)35)10-18(17)29(36)37/h1-10,19,22H,(H,27,32)/t19-,22+/m0/s1. The van der Waals surface area contributed by atoms with Gasteiger partial charge < -0.3 is 10.1 Å². The van der Waals surface area contributed by atoms with Gasteiger partial charge in [-0.1, -0.05) is 41.4 Å². The van der Waals surface area contributed by atoms with E-state index in [1.807, 2.05) is 5.32 Å². The number of halogens is 2. The Kier molecular flexibility index (Phi) is 7.19. The monoisotopic (exact) mass is 557 g/mol. The minimum absolute atomic E-state index is 0.0153. The quantitative estimate of drug-likeness (QED) is 0.102. The van der Waals surface area contributed by atoms with Crippen LogP contribution in [-0.4, -0.2) is 33.3 Å². The molecule has 38 heavy (non-hydrogen) atoms. The highest BCUT2D eigenvalue weighted by atomic mass is 35.5. The number of amides is 1. The first-order valence-corrected chi connectivity index (χ1v) is 11.3. The van der Waals surface area contributed by atoms with E-state index in [2.05, 4.69) is 0 Å². The van der Waals surface area contributed by atoms with Crippen LogP contribution in [-0.2, 0) is 14.3 Å². The number of hydrogen-bond donors (Lipinski definition) is 1. The van der Waals surface area contributed by atoms with Gasteiger partial charge in [0, 0.05) is 17.2 Å². The molecule has 0 radical (unpaired) electrons. The van der Waals surface area contributed by atoms with E-state index in [1.54, 1.807) is 12.1 Å². The summed E-state index contributed by atoms with van der Waals surface area (Å²) in [4.78, 5) is 72.9. The van der Waals surface area contributed by atoms with E-state index in [0.717, 1.165) is 12.1 Å². The van der Waals surface area contributed by atoms with Crippen molar-refractivity contribution >= 4 is 63.7 Å². The summed E-state index contributed by atoms with van der Waals surface area (Å²) in [5.74, 6) is -6.51. The summed E-state index contributed by atoms with van der Waals surface area (Å²) in [6.45, 7) is 0. The van der Waals surface area contributed by atoms with Crippen LogP contribution in [0.3, 0.4) is 0 Å². The number of carbonyl (C=O) groups excluding carboxylic acids is 4. The van der Waals surface area contributed by atoms with Crippen LogP contribution in [0.1, 0.15) is 32.4 Å². The molecule has 2 atom stereocenters. The molecule has 1 heterocycles. The molecule has 0 aromatic heterocycles. The Bertz CT molecular complexity index is 1560. The number of benzene rings is 3. The van der Waals surface area contributed by atoms with E-state index in [9.17, 15) is 39.4 Å². The molecule has 1 aliphatic heterocycles. The lowest BCUT2D eigenvalue weighted by molar-refractivity contribution is -0.393. The SMILES string of the molecule is O=C(Nc1ccc([N+](=O)[O-])cc1[N+](=O)[O-])C(=O)[C@H](C(=O)c1ccc(Cl)c(Cl)c1)[C@@H]1OC(=O)c2ccccc21. The maximum absolute atomic E-state index is 13.5. The molecular formula is C24H13Cl2N3O9. The minimum atomic E-state index is -1.91. The Morgan fingerprint density at radius 3 is 2.29 bits per heavy atom. The second-order valence-electron chi connectivity index (χ2n) is 7.92.